The Morgan fingerprint density at radius 1 is 1.40 bits per heavy atom. The lowest BCUT2D eigenvalue weighted by molar-refractivity contribution is -0.268. The van der Waals surface area contributed by atoms with E-state index in [1.807, 2.05) is 30.3 Å². The Hall–Kier alpha value is -2.16. The second kappa shape index (κ2) is 9.36. The molecule has 1 fully saturated rings. The first-order chi connectivity index (χ1) is 12.1. The van der Waals surface area contributed by atoms with Crippen LogP contribution in [0.25, 0.3) is 10.4 Å². The van der Waals surface area contributed by atoms with Crippen LogP contribution in [-0.2, 0) is 30.3 Å². The van der Waals surface area contributed by atoms with E-state index in [-0.39, 0.29) is 13.2 Å². The molecule has 1 aromatic rings. The third-order valence-corrected chi connectivity index (χ3v) is 3.80. The van der Waals surface area contributed by atoms with Crippen LogP contribution in [0.1, 0.15) is 12.5 Å². The van der Waals surface area contributed by atoms with Gasteiger partial charge in [0, 0.05) is 18.9 Å². The smallest absolute Gasteiger partial charge is 0.302 e. The number of benzene rings is 1. The minimum absolute atomic E-state index is 0.162. The molecule has 1 heterocycles. The Bertz CT molecular complexity index is 607. The zero-order valence-corrected chi connectivity index (χ0v) is 14.0. The minimum atomic E-state index is -1.16. The second-order valence-electron chi connectivity index (χ2n) is 5.53. The Morgan fingerprint density at radius 2 is 2.12 bits per heavy atom. The summed E-state index contributed by atoms with van der Waals surface area (Å²) in [4.78, 5) is 13.8. The third kappa shape index (κ3) is 5.15. The predicted molar refractivity (Wildman–Crippen MR) is 86.3 cm³/mol. The van der Waals surface area contributed by atoms with Crippen LogP contribution >= 0.6 is 0 Å². The van der Waals surface area contributed by atoms with Gasteiger partial charge in [0.15, 0.2) is 6.29 Å². The monoisotopic (exact) mass is 351 g/mol. The van der Waals surface area contributed by atoms with Gasteiger partial charge in [0.1, 0.15) is 24.9 Å². The Morgan fingerprint density at radius 3 is 2.72 bits per heavy atom. The number of hydrogen-bond acceptors (Lipinski definition) is 7. The van der Waals surface area contributed by atoms with Gasteiger partial charge in [-0.1, -0.05) is 35.4 Å². The highest BCUT2D eigenvalue weighted by atomic mass is 16.7. The first kappa shape index (κ1) is 19.2. The number of rotatable bonds is 7. The molecule has 1 aliphatic heterocycles. The average molecular weight is 351 g/mol. The highest BCUT2D eigenvalue weighted by Gasteiger charge is 2.46. The third-order valence-electron chi connectivity index (χ3n) is 3.80. The lowest BCUT2D eigenvalue weighted by atomic mass is 9.97. The van der Waals surface area contributed by atoms with Crippen LogP contribution in [0, 0.1) is 0 Å². The van der Waals surface area contributed by atoms with Gasteiger partial charge < -0.3 is 24.1 Å². The molecule has 0 saturated carbocycles. The van der Waals surface area contributed by atoms with Crippen molar-refractivity contribution in [1.82, 2.24) is 0 Å². The molecule has 1 aliphatic rings. The van der Waals surface area contributed by atoms with Crippen LogP contribution in [-0.4, -0.2) is 55.4 Å². The van der Waals surface area contributed by atoms with E-state index in [0.29, 0.717) is 0 Å². The number of methoxy groups -OCH3 is 1. The molecule has 0 aromatic heterocycles. The van der Waals surface area contributed by atoms with Crippen LogP contribution in [0.4, 0.5) is 0 Å². The van der Waals surface area contributed by atoms with E-state index in [4.69, 9.17) is 24.5 Å². The summed E-state index contributed by atoms with van der Waals surface area (Å²) in [5.41, 5.74) is 9.70. The number of aliphatic hydroxyl groups is 1. The van der Waals surface area contributed by atoms with E-state index < -0.39 is 36.6 Å². The van der Waals surface area contributed by atoms with Crippen LogP contribution in [0.15, 0.2) is 35.4 Å². The maximum atomic E-state index is 11.0. The fourth-order valence-electron chi connectivity index (χ4n) is 2.58. The van der Waals surface area contributed by atoms with Gasteiger partial charge in [-0.15, -0.1) is 0 Å². The zero-order chi connectivity index (χ0) is 18.2. The molecule has 0 bridgehead atoms. The molecule has 0 unspecified atom stereocenters. The SMILES string of the molecule is CO[C@H]1O[C@H](COC(C)=O)[C@@H](O)[C@H](OCc2ccccc2)[C@H]1N=[N+]=[N-]. The summed E-state index contributed by atoms with van der Waals surface area (Å²) in [5.74, 6) is -0.497. The molecule has 0 spiro atoms. The van der Waals surface area contributed by atoms with E-state index in [1.165, 1.54) is 14.0 Å². The molecule has 1 aromatic carbocycles. The molecule has 9 nitrogen and oxygen atoms in total. The first-order valence-electron chi connectivity index (χ1n) is 7.76. The summed E-state index contributed by atoms with van der Waals surface area (Å²) in [7, 11) is 1.39. The molecular formula is C16H21N3O6. The number of carbonyl (C=O) groups is 1. The number of azide groups is 1. The van der Waals surface area contributed by atoms with Gasteiger partial charge in [-0.3, -0.25) is 4.79 Å². The molecule has 25 heavy (non-hydrogen) atoms. The Kier molecular flexibility index (Phi) is 7.17. The Balaban J connectivity index is 2.15. The number of nitrogens with zero attached hydrogens (tertiary/aromatic N) is 3. The van der Waals surface area contributed by atoms with Crippen molar-refractivity contribution in [2.24, 2.45) is 5.11 Å². The molecular weight excluding hydrogens is 330 g/mol. The van der Waals surface area contributed by atoms with E-state index in [9.17, 15) is 9.90 Å². The summed E-state index contributed by atoms with van der Waals surface area (Å²) in [6, 6.07) is 8.47. The first-order valence-corrected chi connectivity index (χ1v) is 7.76. The number of esters is 1. The topological polar surface area (TPSA) is 123 Å². The van der Waals surface area contributed by atoms with E-state index in [2.05, 4.69) is 10.0 Å². The molecule has 5 atom stereocenters. The summed E-state index contributed by atoms with van der Waals surface area (Å²) in [6.07, 6.45) is -3.83. The highest BCUT2D eigenvalue weighted by Crippen LogP contribution is 2.27. The van der Waals surface area contributed by atoms with Crippen molar-refractivity contribution in [3.05, 3.63) is 46.3 Å². The van der Waals surface area contributed by atoms with Crippen molar-refractivity contribution in [3.8, 4) is 0 Å². The molecule has 0 radical (unpaired) electrons. The molecule has 0 aliphatic carbocycles. The lowest BCUT2D eigenvalue weighted by Gasteiger charge is -2.42. The minimum Gasteiger partial charge on any atom is -0.463 e. The number of hydrogen-bond donors (Lipinski definition) is 1. The van der Waals surface area contributed by atoms with Crippen molar-refractivity contribution in [3.63, 3.8) is 0 Å². The lowest BCUT2D eigenvalue weighted by Crippen LogP contribution is -2.59. The maximum Gasteiger partial charge on any atom is 0.302 e. The molecule has 9 heteroatoms. The second-order valence-corrected chi connectivity index (χ2v) is 5.53. The standard InChI is InChI=1S/C16H21N3O6/c1-10(20)23-9-12-14(21)15(13(18-19-17)16(22-2)25-12)24-8-11-6-4-3-5-7-11/h3-7,12-16,21H,8-9H2,1-2H3/t12-,13-,14-,15-,16+/m1/s1. The van der Waals surface area contributed by atoms with Crippen LogP contribution < -0.4 is 0 Å². The van der Waals surface area contributed by atoms with E-state index in [0.717, 1.165) is 5.56 Å². The summed E-state index contributed by atoms with van der Waals surface area (Å²) >= 11 is 0. The van der Waals surface area contributed by atoms with Crippen LogP contribution in [0.3, 0.4) is 0 Å². The maximum absolute atomic E-state index is 11.0. The van der Waals surface area contributed by atoms with Gasteiger partial charge in [0.2, 0.25) is 0 Å². The van der Waals surface area contributed by atoms with Gasteiger partial charge in [-0.2, -0.15) is 0 Å². The molecule has 136 valence electrons. The largest absolute Gasteiger partial charge is 0.463 e. The van der Waals surface area contributed by atoms with E-state index >= 15 is 0 Å². The molecule has 2 rings (SSSR count). The van der Waals surface area contributed by atoms with Crippen molar-refractivity contribution in [1.29, 1.82) is 0 Å². The normalized spacial score (nSPS) is 28.8. The predicted octanol–water partition coefficient (Wildman–Crippen LogP) is 1.55. The van der Waals surface area contributed by atoms with Gasteiger partial charge in [0.25, 0.3) is 0 Å². The van der Waals surface area contributed by atoms with Crippen LogP contribution in [0.5, 0.6) is 0 Å². The molecule has 1 saturated heterocycles. The van der Waals surface area contributed by atoms with Crippen molar-refractivity contribution in [2.75, 3.05) is 13.7 Å². The number of carbonyl (C=O) groups excluding carboxylic acids is 1. The Labute approximate surface area is 145 Å². The number of aliphatic hydroxyl groups excluding tert-OH is 1. The van der Waals surface area contributed by atoms with Crippen molar-refractivity contribution >= 4 is 5.97 Å². The summed E-state index contributed by atoms with van der Waals surface area (Å²) in [6.45, 7) is 1.30. The van der Waals surface area contributed by atoms with Gasteiger partial charge >= 0.3 is 5.97 Å². The van der Waals surface area contributed by atoms with Gasteiger partial charge in [-0.05, 0) is 11.1 Å². The van der Waals surface area contributed by atoms with Gasteiger partial charge in [-0.25, -0.2) is 0 Å². The fourth-order valence-corrected chi connectivity index (χ4v) is 2.58. The fraction of sp³-hybridized carbons (Fsp3) is 0.562. The van der Waals surface area contributed by atoms with Crippen LogP contribution in [0.2, 0.25) is 0 Å². The van der Waals surface area contributed by atoms with Gasteiger partial charge in [0.05, 0.1) is 12.7 Å². The number of ether oxygens (including phenoxy) is 4. The summed E-state index contributed by atoms with van der Waals surface area (Å²) < 4.78 is 21.5. The quantitative estimate of drug-likeness (QED) is 0.344. The summed E-state index contributed by atoms with van der Waals surface area (Å²) in [5, 5.41) is 14.2. The van der Waals surface area contributed by atoms with E-state index in [1.54, 1.807) is 0 Å². The van der Waals surface area contributed by atoms with Crippen molar-refractivity contribution < 1.29 is 28.8 Å². The average Bonchev–Trinajstić information content (AvgIpc) is 2.61. The highest BCUT2D eigenvalue weighted by molar-refractivity contribution is 5.65. The molecule has 1 N–H and O–H groups in total. The van der Waals surface area contributed by atoms with Crippen molar-refractivity contribution in [2.45, 2.75) is 44.2 Å². The zero-order valence-electron chi connectivity index (χ0n) is 14.0. The molecule has 0 amide bonds.